The van der Waals surface area contributed by atoms with Crippen molar-refractivity contribution in [1.82, 2.24) is 0 Å². The Morgan fingerprint density at radius 3 is 2.11 bits per heavy atom. The Labute approximate surface area is 121 Å². The van der Waals surface area contributed by atoms with Gasteiger partial charge in [0.1, 0.15) is 11.5 Å². The summed E-state index contributed by atoms with van der Waals surface area (Å²) in [6.07, 6.45) is 4.59. The van der Waals surface area contributed by atoms with Crippen molar-refractivity contribution < 1.29 is 9.47 Å². The molecule has 0 bridgehead atoms. The molecule has 0 aromatic heterocycles. The molecule has 1 rings (SSSR count). The molecule has 1 N–H and O–H groups in total. The average Bonchev–Trinajstić information content (AvgIpc) is 2.39. The summed E-state index contributed by atoms with van der Waals surface area (Å²) in [6.45, 7) is 4.39. The number of halogens is 1. The lowest BCUT2D eigenvalue weighted by molar-refractivity contribution is 0.395. The van der Waals surface area contributed by atoms with E-state index in [9.17, 15) is 0 Å². The standard InChI is InChI=1S/C15H24ClNO2/c1-5-7-11(8-6-2)17-13-9-12(16)14(18-3)10-15(13)19-4/h9-11,17H,5-8H2,1-4H3. The third-order valence-corrected chi connectivity index (χ3v) is 3.40. The van der Waals surface area contributed by atoms with Gasteiger partial charge in [-0.05, 0) is 18.9 Å². The molecule has 0 fully saturated rings. The van der Waals surface area contributed by atoms with E-state index in [0.717, 1.165) is 37.1 Å². The number of hydrogen-bond acceptors (Lipinski definition) is 3. The molecule has 0 aliphatic heterocycles. The van der Waals surface area contributed by atoms with E-state index in [4.69, 9.17) is 21.1 Å². The zero-order valence-electron chi connectivity index (χ0n) is 12.3. The maximum atomic E-state index is 6.18. The number of ether oxygens (including phenoxy) is 2. The van der Waals surface area contributed by atoms with Crippen molar-refractivity contribution in [3.63, 3.8) is 0 Å². The van der Waals surface area contributed by atoms with E-state index < -0.39 is 0 Å². The van der Waals surface area contributed by atoms with Crippen LogP contribution in [-0.4, -0.2) is 20.3 Å². The van der Waals surface area contributed by atoms with Crippen molar-refractivity contribution in [2.75, 3.05) is 19.5 Å². The van der Waals surface area contributed by atoms with Crippen molar-refractivity contribution in [2.45, 2.75) is 45.6 Å². The van der Waals surface area contributed by atoms with Gasteiger partial charge in [0.05, 0.1) is 24.9 Å². The van der Waals surface area contributed by atoms with E-state index in [1.54, 1.807) is 14.2 Å². The van der Waals surface area contributed by atoms with E-state index in [0.29, 0.717) is 16.8 Å². The van der Waals surface area contributed by atoms with Gasteiger partial charge in [0.2, 0.25) is 0 Å². The zero-order chi connectivity index (χ0) is 14.3. The highest BCUT2D eigenvalue weighted by molar-refractivity contribution is 6.32. The lowest BCUT2D eigenvalue weighted by Crippen LogP contribution is -2.19. The number of nitrogens with one attached hydrogen (secondary N) is 1. The first-order valence-electron chi connectivity index (χ1n) is 6.84. The van der Waals surface area contributed by atoms with E-state index >= 15 is 0 Å². The third kappa shape index (κ3) is 4.50. The average molecular weight is 286 g/mol. The van der Waals surface area contributed by atoms with Gasteiger partial charge in [-0.15, -0.1) is 0 Å². The highest BCUT2D eigenvalue weighted by atomic mass is 35.5. The molecule has 0 amide bonds. The molecule has 0 unspecified atom stereocenters. The maximum Gasteiger partial charge on any atom is 0.145 e. The SMILES string of the molecule is CCCC(CCC)Nc1cc(Cl)c(OC)cc1OC. The van der Waals surface area contributed by atoms with Gasteiger partial charge in [0.15, 0.2) is 0 Å². The number of methoxy groups -OCH3 is 2. The second-order valence-electron chi connectivity index (χ2n) is 4.61. The van der Waals surface area contributed by atoms with Crippen LogP contribution in [0.1, 0.15) is 39.5 Å². The van der Waals surface area contributed by atoms with E-state index in [1.807, 2.05) is 12.1 Å². The van der Waals surface area contributed by atoms with Crippen molar-refractivity contribution in [3.05, 3.63) is 17.2 Å². The van der Waals surface area contributed by atoms with E-state index in [2.05, 4.69) is 19.2 Å². The molecule has 0 aliphatic carbocycles. The molecule has 1 aromatic rings. The Bertz CT molecular complexity index is 390. The van der Waals surface area contributed by atoms with Gasteiger partial charge in [0, 0.05) is 12.1 Å². The summed E-state index contributed by atoms with van der Waals surface area (Å²) in [4.78, 5) is 0. The summed E-state index contributed by atoms with van der Waals surface area (Å²) in [6, 6.07) is 4.14. The lowest BCUT2D eigenvalue weighted by atomic mass is 10.1. The molecular weight excluding hydrogens is 262 g/mol. The van der Waals surface area contributed by atoms with Crippen LogP contribution < -0.4 is 14.8 Å². The van der Waals surface area contributed by atoms with Crippen molar-refractivity contribution in [1.29, 1.82) is 0 Å². The molecule has 0 saturated heterocycles. The fraction of sp³-hybridized carbons (Fsp3) is 0.600. The van der Waals surface area contributed by atoms with Crippen LogP contribution in [0, 0.1) is 0 Å². The Balaban J connectivity index is 2.94. The van der Waals surface area contributed by atoms with Crippen LogP contribution in [0.25, 0.3) is 0 Å². The molecule has 4 heteroatoms. The van der Waals surface area contributed by atoms with Gasteiger partial charge in [-0.2, -0.15) is 0 Å². The minimum absolute atomic E-state index is 0.452. The number of rotatable bonds is 8. The molecule has 0 spiro atoms. The highest BCUT2D eigenvalue weighted by Crippen LogP contribution is 2.36. The van der Waals surface area contributed by atoms with Gasteiger partial charge in [0.25, 0.3) is 0 Å². The van der Waals surface area contributed by atoms with Crippen LogP contribution >= 0.6 is 11.6 Å². The van der Waals surface area contributed by atoms with Crippen LogP contribution in [0.5, 0.6) is 11.5 Å². The Kier molecular flexibility index (Phi) is 6.85. The predicted octanol–water partition coefficient (Wildman–Crippen LogP) is 4.74. The Morgan fingerprint density at radius 1 is 1.05 bits per heavy atom. The molecule has 0 heterocycles. The smallest absolute Gasteiger partial charge is 0.145 e. The van der Waals surface area contributed by atoms with Gasteiger partial charge < -0.3 is 14.8 Å². The molecule has 1 aromatic carbocycles. The first-order valence-corrected chi connectivity index (χ1v) is 7.22. The maximum absolute atomic E-state index is 6.18. The molecular formula is C15H24ClNO2. The quantitative estimate of drug-likeness (QED) is 0.748. The minimum Gasteiger partial charge on any atom is -0.495 e. The molecule has 0 atom stereocenters. The second-order valence-corrected chi connectivity index (χ2v) is 5.01. The van der Waals surface area contributed by atoms with Crippen molar-refractivity contribution >= 4 is 17.3 Å². The first-order chi connectivity index (χ1) is 9.15. The predicted molar refractivity (Wildman–Crippen MR) is 81.8 cm³/mol. The summed E-state index contributed by atoms with van der Waals surface area (Å²) < 4.78 is 10.6. The fourth-order valence-corrected chi connectivity index (χ4v) is 2.42. The summed E-state index contributed by atoms with van der Waals surface area (Å²) in [7, 11) is 3.26. The lowest BCUT2D eigenvalue weighted by Gasteiger charge is -2.21. The summed E-state index contributed by atoms with van der Waals surface area (Å²) in [5.41, 5.74) is 0.931. The monoisotopic (exact) mass is 285 g/mol. The van der Waals surface area contributed by atoms with Gasteiger partial charge in [-0.1, -0.05) is 38.3 Å². The number of anilines is 1. The second kappa shape index (κ2) is 8.16. The normalized spacial score (nSPS) is 10.6. The zero-order valence-corrected chi connectivity index (χ0v) is 13.0. The van der Waals surface area contributed by atoms with Crippen LogP contribution in [0.3, 0.4) is 0 Å². The van der Waals surface area contributed by atoms with Crippen LogP contribution in [0.2, 0.25) is 5.02 Å². The summed E-state index contributed by atoms with van der Waals surface area (Å²) in [5, 5.41) is 4.12. The van der Waals surface area contributed by atoms with Crippen LogP contribution in [0.15, 0.2) is 12.1 Å². The molecule has 0 saturated carbocycles. The first kappa shape index (κ1) is 16.0. The third-order valence-electron chi connectivity index (χ3n) is 3.11. The van der Waals surface area contributed by atoms with E-state index in [1.165, 1.54) is 0 Å². The number of benzene rings is 1. The van der Waals surface area contributed by atoms with E-state index in [-0.39, 0.29) is 0 Å². The van der Waals surface area contributed by atoms with Gasteiger partial charge in [-0.3, -0.25) is 0 Å². The molecule has 108 valence electrons. The molecule has 19 heavy (non-hydrogen) atoms. The molecule has 3 nitrogen and oxygen atoms in total. The van der Waals surface area contributed by atoms with Gasteiger partial charge in [-0.25, -0.2) is 0 Å². The summed E-state index contributed by atoms with van der Waals surface area (Å²) >= 11 is 6.18. The van der Waals surface area contributed by atoms with Crippen molar-refractivity contribution in [2.24, 2.45) is 0 Å². The van der Waals surface area contributed by atoms with Crippen molar-refractivity contribution in [3.8, 4) is 11.5 Å². The minimum atomic E-state index is 0.452. The number of hydrogen-bond donors (Lipinski definition) is 1. The fourth-order valence-electron chi connectivity index (χ4n) is 2.18. The van der Waals surface area contributed by atoms with Gasteiger partial charge >= 0.3 is 0 Å². The van der Waals surface area contributed by atoms with Crippen LogP contribution in [-0.2, 0) is 0 Å². The Morgan fingerprint density at radius 2 is 1.63 bits per heavy atom. The highest BCUT2D eigenvalue weighted by Gasteiger charge is 2.13. The largest absolute Gasteiger partial charge is 0.495 e. The topological polar surface area (TPSA) is 30.5 Å². The molecule has 0 aliphatic rings. The van der Waals surface area contributed by atoms with Crippen LogP contribution in [0.4, 0.5) is 5.69 Å². The molecule has 0 radical (unpaired) electrons. The summed E-state index contributed by atoms with van der Waals surface area (Å²) in [5.74, 6) is 1.39. The Hall–Kier alpha value is -1.09.